The Balaban J connectivity index is 1.98. The Morgan fingerprint density at radius 3 is 2.53 bits per heavy atom. The van der Waals surface area contributed by atoms with Gasteiger partial charge in [-0.1, -0.05) is 0 Å². The molecular weight excluding hydrogens is 242 g/mol. The van der Waals surface area contributed by atoms with Crippen LogP contribution in [-0.4, -0.2) is 16.1 Å². The van der Waals surface area contributed by atoms with Gasteiger partial charge in [0.15, 0.2) is 0 Å². The standard InChI is InChI=1S/C14H11N3O2/c15-7-10-1-4-12(5-2-10)17-9-13-6-3-11(8-16-13)14(18)19/h1-6,8,17H,9H2,(H,18,19). The Kier molecular flexibility index (Phi) is 3.74. The number of hydrogen-bond acceptors (Lipinski definition) is 4. The lowest BCUT2D eigenvalue weighted by atomic mass is 10.2. The largest absolute Gasteiger partial charge is 0.478 e. The highest BCUT2D eigenvalue weighted by Gasteiger charge is 2.02. The van der Waals surface area contributed by atoms with Crippen LogP contribution in [0, 0.1) is 11.3 Å². The van der Waals surface area contributed by atoms with Crippen LogP contribution in [0.5, 0.6) is 0 Å². The van der Waals surface area contributed by atoms with E-state index in [0.717, 1.165) is 11.4 Å². The zero-order valence-corrected chi connectivity index (χ0v) is 10.00. The van der Waals surface area contributed by atoms with Gasteiger partial charge in [0.05, 0.1) is 29.4 Å². The first kappa shape index (κ1) is 12.6. The summed E-state index contributed by atoms with van der Waals surface area (Å²) in [6.45, 7) is 0.492. The van der Waals surface area contributed by atoms with Crippen LogP contribution in [0.25, 0.3) is 0 Å². The van der Waals surface area contributed by atoms with Crippen LogP contribution in [-0.2, 0) is 6.54 Å². The zero-order valence-electron chi connectivity index (χ0n) is 10.00. The minimum absolute atomic E-state index is 0.169. The first-order valence-corrected chi connectivity index (χ1v) is 5.61. The second kappa shape index (κ2) is 5.65. The second-order valence-corrected chi connectivity index (χ2v) is 3.89. The molecule has 2 aromatic rings. The summed E-state index contributed by atoms with van der Waals surface area (Å²) in [7, 11) is 0. The van der Waals surface area contributed by atoms with E-state index in [1.54, 1.807) is 18.2 Å². The molecule has 0 saturated heterocycles. The summed E-state index contributed by atoms with van der Waals surface area (Å²) < 4.78 is 0. The Labute approximate surface area is 110 Å². The van der Waals surface area contributed by atoms with Crippen LogP contribution in [0.1, 0.15) is 21.6 Å². The van der Waals surface area contributed by atoms with Crippen molar-refractivity contribution in [3.63, 3.8) is 0 Å². The fourth-order valence-corrected chi connectivity index (χ4v) is 1.51. The lowest BCUT2D eigenvalue weighted by Gasteiger charge is -2.06. The summed E-state index contributed by atoms with van der Waals surface area (Å²) in [5.74, 6) is -0.987. The summed E-state index contributed by atoms with van der Waals surface area (Å²) in [6, 6.07) is 12.3. The van der Waals surface area contributed by atoms with Gasteiger partial charge in [-0.15, -0.1) is 0 Å². The average Bonchev–Trinajstić information content (AvgIpc) is 2.46. The fraction of sp³-hybridized carbons (Fsp3) is 0.0714. The average molecular weight is 253 g/mol. The van der Waals surface area contributed by atoms with Crippen molar-refractivity contribution >= 4 is 11.7 Å². The van der Waals surface area contributed by atoms with Gasteiger partial charge in [-0.3, -0.25) is 4.98 Å². The number of nitrogens with one attached hydrogen (secondary N) is 1. The van der Waals surface area contributed by atoms with Gasteiger partial charge in [0.1, 0.15) is 0 Å². The molecule has 5 nitrogen and oxygen atoms in total. The minimum atomic E-state index is -0.987. The van der Waals surface area contributed by atoms with Crippen molar-refractivity contribution in [3.8, 4) is 6.07 Å². The monoisotopic (exact) mass is 253 g/mol. The minimum Gasteiger partial charge on any atom is -0.478 e. The molecule has 0 bridgehead atoms. The smallest absolute Gasteiger partial charge is 0.337 e. The van der Waals surface area contributed by atoms with Crippen molar-refractivity contribution in [2.45, 2.75) is 6.54 Å². The number of carbonyl (C=O) groups is 1. The molecule has 5 heteroatoms. The van der Waals surface area contributed by atoms with Gasteiger partial charge in [0.25, 0.3) is 0 Å². The van der Waals surface area contributed by atoms with E-state index in [0.29, 0.717) is 12.1 Å². The van der Waals surface area contributed by atoms with Crippen molar-refractivity contribution in [2.24, 2.45) is 0 Å². The molecule has 0 aliphatic carbocycles. The number of carboxylic acid groups (broad SMARTS) is 1. The maximum atomic E-state index is 10.7. The summed E-state index contributed by atoms with van der Waals surface area (Å²) in [5.41, 5.74) is 2.40. The summed E-state index contributed by atoms with van der Waals surface area (Å²) in [4.78, 5) is 14.7. The number of aromatic carboxylic acids is 1. The zero-order chi connectivity index (χ0) is 13.7. The molecular formula is C14H11N3O2. The van der Waals surface area contributed by atoms with Crippen molar-refractivity contribution in [1.29, 1.82) is 5.26 Å². The highest BCUT2D eigenvalue weighted by Crippen LogP contribution is 2.10. The van der Waals surface area contributed by atoms with Crippen molar-refractivity contribution < 1.29 is 9.90 Å². The molecule has 1 heterocycles. The molecule has 0 aliphatic heterocycles. The van der Waals surface area contributed by atoms with Crippen LogP contribution in [0.2, 0.25) is 0 Å². The third-order valence-electron chi connectivity index (χ3n) is 2.56. The fourth-order valence-electron chi connectivity index (χ4n) is 1.51. The van der Waals surface area contributed by atoms with Gasteiger partial charge in [-0.2, -0.15) is 5.26 Å². The molecule has 0 radical (unpaired) electrons. The molecule has 0 aliphatic rings. The number of hydrogen-bond donors (Lipinski definition) is 2. The molecule has 0 saturated carbocycles. The first-order valence-electron chi connectivity index (χ1n) is 5.61. The van der Waals surface area contributed by atoms with Crippen LogP contribution >= 0.6 is 0 Å². The van der Waals surface area contributed by atoms with Crippen molar-refractivity contribution in [2.75, 3.05) is 5.32 Å². The van der Waals surface area contributed by atoms with E-state index in [9.17, 15) is 4.79 Å². The van der Waals surface area contributed by atoms with E-state index < -0.39 is 5.97 Å². The molecule has 0 unspecified atom stereocenters. The topological polar surface area (TPSA) is 86.0 Å². The Bertz CT molecular complexity index is 613. The predicted octanol–water partition coefficient (Wildman–Crippen LogP) is 2.26. The third kappa shape index (κ3) is 3.30. The summed E-state index contributed by atoms with van der Waals surface area (Å²) in [6.07, 6.45) is 1.33. The molecule has 2 N–H and O–H groups in total. The lowest BCUT2D eigenvalue weighted by molar-refractivity contribution is 0.0696. The SMILES string of the molecule is N#Cc1ccc(NCc2ccc(C(=O)O)cn2)cc1. The van der Waals surface area contributed by atoms with Crippen LogP contribution in [0.4, 0.5) is 5.69 Å². The molecule has 0 fully saturated rings. The maximum absolute atomic E-state index is 10.7. The third-order valence-corrected chi connectivity index (χ3v) is 2.56. The number of aromatic nitrogens is 1. The maximum Gasteiger partial charge on any atom is 0.337 e. The number of anilines is 1. The van der Waals surface area contributed by atoms with Gasteiger partial charge in [0.2, 0.25) is 0 Å². The van der Waals surface area contributed by atoms with Gasteiger partial charge < -0.3 is 10.4 Å². The van der Waals surface area contributed by atoms with Gasteiger partial charge >= 0.3 is 5.97 Å². The van der Waals surface area contributed by atoms with Crippen LogP contribution in [0.3, 0.4) is 0 Å². The van der Waals surface area contributed by atoms with Crippen molar-refractivity contribution in [3.05, 3.63) is 59.4 Å². The van der Waals surface area contributed by atoms with Crippen LogP contribution < -0.4 is 5.32 Å². The highest BCUT2D eigenvalue weighted by molar-refractivity contribution is 5.87. The van der Waals surface area contributed by atoms with E-state index in [1.165, 1.54) is 12.3 Å². The Hall–Kier alpha value is -2.87. The molecule has 1 aromatic carbocycles. The molecule has 1 aromatic heterocycles. The molecule has 94 valence electrons. The number of pyridine rings is 1. The predicted molar refractivity (Wildman–Crippen MR) is 69.7 cm³/mol. The molecule has 0 spiro atoms. The Morgan fingerprint density at radius 1 is 1.26 bits per heavy atom. The highest BCUT2D eigenvalue weighted by atomic mass is 16.4. The van der Waals surface area contributed by atoms with Gasteiger partial charge in [-0.05, 0) is 36.4 Å². The number of benzene rings is 1. The quantitative estimate of drug-likeness (QED) is 0.872. The molecule has 0 amide bonds. The van der Waals surface area contributed by atoms with Gasteiger partial charge in [0, 0.05) is 11.9 Å². The molecule has 2 rings (SSSR count). The molecule has 0 atom stereocenters. The second-order valence-electron chi connectivity index (χ2n) is 3.89. The summed E-state index contributed by atoms with van der Waals surface area (Å²) >= 11 is 0. The van der Waals surface area contributed by atoms with Crippen molar-refractivity contribution in [1.82, 2.24) is 4.98 Å². The van der Waals surface area contributed by atoms with Crippen LogP contribution in [0.15, 0.2) is 42.6 Å². The number of nitrogens with zero attached hydrogens (tertiary/aromatic N) is 2. The van der Waals surface area contributed by atoms with E-state index in [-0.39, 0.29) is 5.56 Å². The van der Waals surface area contributed by atoms with E-state index in [2.05, 4.69) is 10.3 Å². The summed E-state index contributed by atoms with van der Waals surface area (Å²) in [5, 5.41) is 20.6. The normalized spacial score (nSPS) is 9.63. The number of nitriles is 1. The molecule has 19 heavy (non-hydrogen) atoms. The number of rotatable bonds is 4. The Morgan fingerprint density at radius 2 is 2.00 bits per heavy atom. The number of carboxylic acids is 1. The van der Waals surface area contributed by atoms with E-state index in [4.69, 9.17) is 10.4 Å². The van der Waals surface area contributed by atoms with E-state index in [1.807, 2.05) is 18.2 Å². The van der Waals surface area contributed by atoms with E-state index >= 15 is 0 Å². The first-order chi connectivity index (χ1) is 9.19. The lowest BCUT2D eigenvalue weighted by Crippen LogP contribution is -2.03. The van der Waals surface area contributed by atoms with Gasteiger partial charge in [-0.25, -0.2) is 4.79 Å².